The zero-order valence-electron chi connectivity index (χ0n) is 13.4. The molecule has 2 N–H and O–H groups in total. The Hall–Kier alpha value is -2.40. The van der Waals surface area contributed by atoms with E-state index in [-0.39, 0.29) is 11.8 Å². The van der Waals surface area contributed by atoms with Gasteiger partial charge in [-0.15, -0.1) is 0 Å². The van der Waals surface area contributed by atoms with E-state index in [1.807, 2.05) is 31.3 Å². The van der Waals surface area contributed by atoms with Crippen molar-refractivity contribution in [2.75, 3.05) is 6.54 Å². The minimum Gasteiger partial charge on any atom is -0.435 e. The molecule has 3 nitrogen and oxygen atoms in total. The maximum atomic E-state index is 12.3. The lowest BCUT2D eigenvalue weighted by molar-refractivity contribution is -0.0499. The molecule has 0 aliphatic carbocycles. The van der Waals surface area contributed by atoms with Crippen LogP contribution in [0.4, 0.5) is 8.78 Å². The second-order valence-electron chi connectivity index (χ2n) is 5.74. The molecular weight excluding hydrogens is 310 g/mol. The van der Waals surface area contributed by atoms with Crippen molar-refractivity contribution in [3.63, 3.8) is 0 Å². The van der Waals surface area contributed by atoms with Crippen molar-refractivity contribution in [2.45, 2.75) is 26.0 Å². The predicted octanol–water partition coefficient (Wildman–Crippen LogP) is 4.66. The molecule has 0 aliphatic rings. The highest BCUT2D eigenvalue weighted by Crippen LogP contribution is 2.21. The van der Waals surface area contributed by atoms with Gasteiger partial charge in [0.2, 0.25) is 0 Å². The first-order valence-corrected chi connectivity index (χ1v) is 7.96. The molecule has 126 valence electrons. The number of alkyl halides is 2. The van der Waals surface area contributed by atoms with Gasteiger partial charge >= 0.3 is 6.61 Å². The highest BCUT2D eigenvalue weighted by molar-refractivity contribution is 5.83. The Labute approximate surface area is 139 Å². The fourth-order valence-corrected chi connectivity index (χ4v) is 2.84. The standard InChI is InChI=1S/C19H20F2N2O/c1-13(14-5-4-6-16(11-14)24-19(20)21)22-10-9-15-12-23-18-8-3-2-7-17(15)18/h2-8,11-13,19,22-23H,9-10H2,1H3. The normalized spacial score (nSPS) is 12.7. The lowest BCUT2D eigenvalue weighted by Crippen LogP contribution is -2.21. The summed E-state index contributed by atoms with van der Waals surface area (Å²) in [6, 6.07) is 15.1. The van der Waals surface area contributed by atoms with E-state index in [0.717, 1.165) is 24.0 Å². The Morgan fingerprint density at radius 1 is 1.12 bits per heavy atom. The van der Waals surface area contributed by atoms with E-state index in [2.05, 4.69) is 27.2 Å². The average Bonchev–Trinajstić information content (AvgIpc) is 2.98. The number of hydrogen-bond acceptors (Lipinski definition) is 2. The zero-order valence-corrected chi connectivity index (χ0v) is 13.4. The average molecular weight is 330 g/mol. The summed E-state index contributed by atoms with van der Waals surface area (Å²) < 4.78 is 29.1. The van der Waals surface area contributed by atoms with Gasteiger partial charge in [-0.1, -0.05) is 30.3 Å². The van der Waals surface area contributed by atoms with Gasteiger partial charge < -0.3 is 15.0 Å². The van der Waals surface area contributed by atoms with Crippen molar-refractivity contribution < 1.29 is 13.5 Å². The first-order valence-electron chi connectivity index (χ1n) is 7.96. The number of benzene rings is 2. The molecule has 2 aromatic carbocycles. The van der Waals surface area contributed by atoms with Crippen molar-refractivity contribution >= 4 is 10.9 Å². The molecule has 1 aromatic heterocycles. The number of fused-ring (bicyclic) bond motifs is 1. The van der Waals surface area contributed by atoms with Gasteiger partial charge in [0.25, 0.3) is 0 Å². The Morgan fingerprint density at radius 3 is 2.79 bits per heavy atom. The summed E-state index contributed by atoms with van der Waals surface area (Å²) in [7, 11) is 0. The molecule has 0 spiro atoms. The molecule has 1 unspecified atom stereocenters. The van der Waals surface area contributed by atoms with Gasteiger partial charge in [0.1, 0.15) is 5.75 Å². The first kappa shape index (κ1) is 16.5. The fourth-order valence-electron chi connectivity index (χ4n) is 2.84. The van der Waals surface area contributed by atoms with Crippen LogP contribution in [0.3, 0.4) is 0 Å². The van der Waals surface area contributed by atoms with Crippen LogP contribution in [0.25, 0.3) is 10.9 Å². The van der Waals surface area contributed by atoms with Crippen LogP contribution in [0.5, 0.6) is 5.75 Å². The summed E-state index contributed by atoms with van der Waals surface area (Å²) in [4.78, 5) is 3.27. The lowest BCUT2D eigenvalue weighted by atomic mass is 10.1. The van der Waals surface area contributed by atoms with Crippen LogP contribution in [0, 0.1) is 0 Å². The number of nitrogens with one attached hydrogen (secondary N) is 2. The first-order chi connectivity index (χ1) is 11.6. The number of para-hydroxylation sites is 1. The largest absolute Gasteiger partial charge is 0.435 e. The van der Waals surface area contributed by atoms with Crippen molar-refractivity contribution in [2.24, 2.45) is 0 Å². The number of aromatic amines is 1. The third kappa shape index (κ3) is 3.92. The number of ether oxygens (including phenoxy) is 1. The minimum absolute atomic E-state index is 0.0522. The summed E-state index contributed by atoms with van der Waals surface area (Å²) in [6.07, 6.45) is 2.93. The Morgan fingerprint density at radius 2 is 1.96 bits per heavy atom. The van der Waals surface area contributed by atoms with E-state index in [1.54, 1.807) is 12.1 Å². The Balaban J connectivity index is 1.58. The van der Waals surface area contributed by atoms with Crippen LogP contribution in [0.2, 0.25) is 0 Å². The van der Waals surface area contributed by atoms with Crippen LogP contribution in [-0.4, -0.2) is 18.1 Å². The maximum absolute atomic E-state index is 12.3. The molecule has 1 heterocycles. The zero-order chi connectivity index (χ0) is 16.9. The third-order valence-corrected chi connectivity index (χ3v) is 4.10. The minimum atomic E-state index is -2.80. The van der Waals surface area contributed by atoms with E-state index < -0.39 is 6.61 Å². The molecule has 1 atom stereocenters. The summed E-state index contributed by atoms with van der Waals surface area (Å²) in [5, 5.41) is 4.66. The van der Waals surface area contributed by atoms with Gasteiger partial charge in [-0.05, 0) is 49.2 Å². The van der Waals surface area contributed by atoms with Crippen LogP contribution in [-0.2, 0) is 6.42 Å². The number of H-pyrrole nitrogens is 1. The fraction of sp³-hybridized carbons (Fsp3) is 0.263. The van der Waals surface area contributed by atoms with E-state index in [1.165, 1.54) is 17.0 Å². The van der Waals surface area contributed by atoms with Gasteiger partial charge in [0, 0.05) is 23.1 Å². The van der Waals surface area contributed by atoms with Crippen LogP contribution >= 0.6 is 0 Å². The van der Waals surface area contributed by atoms with Gasteiger partial charge in [-0.3, -0.25) is 0 Å². The monoisotopic (exact) mass is 330 g/mol. The third-order valence-electron chi connectivity index (χ3n) is 4.10. The lowest BCUT2D eigenvalue weighted by Gasteiger charge is -2.15. The number of rotatable bonds is 7. The van der Waals surface area contributed by atoms with Gasteiger partial charge in [-0.2, -0.15) is 8.78 Å². The van der Waals surface area contributed by atoms with Crippen LogP contribution in [0.15, 0.2) is 54.7 Å². The molecule has 5 heteroatoms. The number of hydrogen-bond donors (Lipinski definition) is 2. The van der Waals surface area contributed by atoms with E-state index in [0.29, 0.717) is 0 Å². The molecule has 0 bridgehead atoms. The van der Waals surface area contributed by atoms with Gasteiger partial charge in [0.05, 0.1) is 0 Å². The van der Waals surface area contributed by atoms with Crippen LogP contribution < -0.4 is 10.1 Å². The number of aromatic nitrogens is 1. The van der Waals surface area contributed by atoms with Gasteiger partial charge in [0.15, 0.2) is 0 Å². The van der Waals surface area contributed by atoms with E-state index in [4.69, 9.17) is 0 Å². The molecule has 0 aliphatic heterocycles. The molecule has 0 fully saturated rings. The summed E-state index contributed by atoms with van der Waals surface area (Å²) >= 11 is 0. The second kappa shape index (κ2) is 7.45. The summed E-state index contributed by atoms with van der Waals surface area (Å²) in [5.41, 5.74) is 3.32. The smallest absolute Gasteiger partial charge is 0.387 e. The quantitative estimate of drug-likeness (QED) is 0.661. The SMILES string of the molecule is CC(NCCc1c[nH]c2ccccc12)c1cccc(OC(F)F)c1. The Bertz CT molecular complexity index is 801. The van der Waals surface area contributed by atoms with Crippen molar-refractivity contribution in [3.05, 3.63) is 65.9 Å². The van der Waals surface area contributed by atoms with Crippen LogP contribution in [0.1, 0.15) is 24.1 Å². The molecule has 0 saturated carbocycles. The predicted molar refractivity (Wildman–Crippen MR) is 91.5 cm³/mol. The molecule has 0 amide bonds. The molecule has 3 aromatic rings. The molecule has 0 saturated heterocycles. The van der Waals surface area contributed by atoms with Crippen molar-refractivity contribution in [3.8, 4) is 5.75 Å². The molecule has 0 radical (unpaired) electrons. The maximum Gasteiger partial charge on any atom is 0.387 e. The van der Waals surface area contributed by atoms with Gasteiger partial charge in [-0.25, -0.2) is 0 Å². The van der Waals surface area contributed by atoms with Crippen molar-refractivity contribution in [1.82, 2.24) is 10.3 Å². The van der Waals surface area contributed by atoms with Crippen molar-refractivity contribution in [1.29, 1.82) is 0 Å². The summed E-state index contributed by atoms with van der Waals surface area (Å²) in [6.45, 7) is 0.00465. The molecule has 24 heavy (non-hydrogen) atoms. The molecular formula is C19H20F2N2O. The highest BCUT2D eigenvalue weighted by Gasteiger charge is 2.09. The topological polar surface area (TPSA) is 37.0 Å². The summed E-state index contributed by atoms with van der Waals surface area (Å²) in [5.74, 6) is 0.188. The number of halogens is 2. The Kier molecular flexibility index (Phi) is 5.11. The highest BCUT2D eigenvalue weighted by atomic mass is 19.3. The van der Waals surface area contributed by atoms with E-state index in [9.17, 15) is 8.78 Å². The molecule has 3 rings (SSSR count). The second-order valence-corrected chi connectivity index (χ2v) is 5.74. The van der Waals surface area contributed by atoms with E-state index >= 15 is 0 Å².